The van der Waals surface area contributed by atoms with E-state index in [4.69, 9.17) is 9.47 Å². The minimum absolute atomic E-state index is 0.0384. The third-order valence-corrected chi connectivity index (χ3v) is 4.83. The van der Waals surface area contributed by atoms with Gasteiger partial charge in [0.05, 0.1) is 19.2 Å². The number of methoxy groups -OCH3 is 1. The molecule has 0 saturated carbocycles. The zero-order chi connectivity index (χ0) is 18.8. The second-order valence-electron chi connectivity index (χ2n) is 6.58. The lowest BCUT2D eigenvalue weighted by Crippen LogP contribution is -2.27. The summed E-state index contributed by atoms with van der Waals surface area (Å²) in [7, 11) is 1.64. The summed E-state index contributed by atoms with van der Waals surface area (Å²) >= 11 is 0. The van der Waals surface area contributed by atoms with Crippen molar-refractivity contribution in [2.75, 3.05) is 7.11 Å². The number of fused-ring (bicyclic) bond motifs is 1. The molecule has 0 amide bonds. The highest BCUT2D eigenvalue weighted by Gasteiger charge is 2.23. The molecule has 1 aromatic heterocycles. The van der Waals surface area contributed by atoms with E-state index in [-0.39, 0.29) is 11.7 Å². The molecule has 0 N–H and O–H groups in total. The van der Waals surface area contributed by atoms with E-state index in [1.54, 1.807) is 11.7 Å². The summed E-state index contributed by atoms with van der Waals surface area (Å²) in [6.45, 7) is 2.48. The van der Waals surface area contributed by atoms with Gasteiger partial charge in [0.25, 0.3) is 5.56 Å². The molecule has 0 unspecified atom stereocenters. The monoisotopic (exact) mass is 359 g/mol. The molecule has 0 bridgehead atoms. The van der Waals surface area contributed by atoms with Gasteiger partial charge in [0.1, 0.15) is 17.6 Å². The van der Waals surface area contributed by atoms with Crippen LogP contribution in [0.5, 0.6) is 11.5 Å². The van der Waals surface area contributed by atoms with Crippen molar-refractivity contribution in [3.63, 3.8) is 0 Å². The summed E-state index contributed by atoms with van der Waals surface area (Å²) in [6, 6.07) is 19.7. The zero-order valence-corrected chi connectivity index (χ0v) is 15.4. The van der Waals surface area contributed by atoms with Crippen molar-refractivity contribution in [2.45, 2.75) is 19.6 Å². The highest BCUT2D eigenvalue weighted by Crippen LogP contribution is 2.35. The molecule has 4 nitrogen and oxygen atoms in total. The largest absolute Gasteiger partial charge is 0.496 e. The molecule has 136 valence electrons. The third kappa shape index (κ3) is 3.26. The van der Waals surface area contributed by atoms with E-state index in [0.29, 0.717) is 17.9 Å². The van der Waals surface area contributed by atoms with Crippen LogP contribution in [0.15, 0.2) is 71.5 Å². The number of rotatable bonds is 4. The lowest BCUT2D eigenvalue weighted by atomic mass is 10.0. The van der Waals surface area contributed by atoms with Gasteiger partial charge in [-0.3, -0.25) is 4.79 Å². The van der Waals surface area contributed by atoms with E-state index in [0.717, 1.165) is 22.6 Å². The highest BCUT2D eigenvalue weighted by molar-refractivity contribution is 5.61. The number of nitrogens with zero attached hydrogens (tertiary/aromatic N) is 1. The molecule has 2 heterocycles. The first-order valence-electron chi connectivity index (χ1n) is 8.93. The van der Waals surface area contributed by atoms with Crippen LogP contribution in [0.1, 0.15) is 28.5 Å². The quantitative estimate of drug-likeness (QED) is 0.695. The third-order valence-electron chi connectivity index (χ3n) is 4.83. The van der Waals surface area contributed by atoms with Crippen molar-refractivity contribution in [3.05, 3.63) is 99.5 Å². The number of ether oxygens (including phenoxy) is 2. The van der Waals surface area contributed by atoms with Crippen molar-refractivity contribution in [3.8, 4) is 11.5 Å². The molecule has 0 aliphatic carbocycles. The molecule has 1 atom stereocenters. The van der Waals surface area contributed by atoms with Crippen molar-refractivity contribution >= 4 is 6.08 Å². The molecule has 4 heteroatoms. The lowest BCUT2D eigenvalue weighted by Gasteiger charge is -2.24. The predicted octanol–water partition coefficient (Wildman–Crippen LogP) is 4.36. The van der Waals surface area contributed by atoms with Gasteiger partial charge in [-0.15, -0.1) is 0 Å². The SMILES string of the molecule is COc1ccccc1[C@@H]1C=Cc2c(cc(C)n(Cc3ccccc3)c2=O)O1. The van der Waals surface area contributed by atoms with Crippen LogP contribution >= 0.6 is 0 Å². The van der Waals surface area contributed by atoms with Crippen molar-refractivity contribution in [2.24, 2.45) is 0 Å². The van der Waals surface area contributed by atoms with E-state index in [9.17, 15) is 4.79 Å². The Morgan fingerprint density at radius 2 is 1.81 bits per heavy atom. The maximum absolute atomic E-state index is 13.0. The summed E-state index contributed by atoms with van der Waals surface area (Å²) in [5, 5.41) is 0. The second kappa shape index (κ2) is 7.16. The highest BCUT2D eigenvalue weighted by atomic mass is 16.5. The summed E-state index contributed by atoms with van der Waals surface area (Å²) < 4.78 is 13.4. The van der Waals surface area contributed by atoms with Crippen LogP contribution in [0.2, 0.25) is 0 Å². The van der Waals surface area contributed by atoms with E-state index in [1.165, 1.54) is 0 Å². The van der Waals surface area contributed by atoms with Gasteiger partial charge in [0.15, 0.2) is 0 Å². The fraction of sp³-hybridized carbons (Fsp3) is 0.174. The summed E-state index contributed by atoms with van der Waals surface area (Å²) in [4.78, 5) is 13.0. The van der Waals surface area contributed by atoms with Crippen molar-refractivity contribution in [1.29, 1.82) is 0 Å². The van der Waals surface area contributed by atoms with Gasteiger partial charge in [0, 0.05) is 17.3 Å². The fourth-order valence-corrected chi connectivity index (χ4v) is 3.40. The van der Waals surface area contributed by atoms with Crippen LogP contribution in [0, 0.1) is 6.92 Å². The topological polar surface area (TPSA) is 40.5 Å². The van der Waals surface area contributed by atoms with Crippen molar-refractivity contribution in [1.82, 2.24) is 4.57 Å². The van der Waals surface area contributed by atoms with Crippen LogP contribution in [0.4, 0.5) is 0 Å². The Kier molecular flexibility index (Phi) is 4.55. The van der Waals surface area contributed by atoms with Crippen LogP contribution in [0.3, 0.4) is 0 Å². The second-order valence-corrected chi connectivity index (χ2v) is 6.58. The average molecular weight is 359 g/mol. The van der Waals surface area contributed by atoms with E-state index in [2.05, 4.69) is 0 Å². The molecule has 1 aliphatic heterocycles. The van der Waals surface area contributed by atoms with Crippen LogP contribution in [-0.4, -0.2) is 11.7 Å². The van der Waals surface area contributed by atoms with Crippen LogP contribution < -0.4 is 15.0 Å². The lowest BCUT2D eigenvalue weighted by molar-refractivity contribution is 0.244. The Balaban J connectivity index is 1.70. The maximum atomic E-state index is 13.0. The van der Waals surface area contributed by atoms with Gasteiger partial charge in [-0.2, -0.15) is 0 Å². The Hall–Kier alpha value is -3.27. The molecule has 2 aromatic carbocycles. The molecule has 0 radical (unpaired) electrons. The Morgan fingerprint density at radius 3 is 2.59 bits per heavy atom. The van der Waals surface area contributed by atoms with Crippen LogP contribution in [-0.2, 0) is 6.54 Å². The summed E-state index contributed by atoms with van der Waals surface area (Å²) in [6.07, 6.45) is 3.49. The van der Waals surface area contributed by atoms with Gasteiger partial charge in [0.2, 0.25) is 0 Å². The number of aromatic nitrogens is 1. The van der Waals surface area contributed by atoms with E-state index in [1.807, 2.05) is 79.7 Å². The molecule has 0 saturated heterocycles. The summed E-state index contributed by atoms with van der Waals surface area (Å²) in [5.41, 5.74) is 3.45. The number of pyridine rings is 1. The molecule has 0 spiro atoms. The normalized spacial score (nSPS) is 15.1. The molecule has 27 heavy (non-hydrogen) atoms. The molecule has 1 aliphatic rings. The minimum atomic E-state index is -0.280. The van der Waals surface area contributed by atoms with Crippen LogP contribution in [0.25, 0.3) is 6.08 Å². The smallest absolute Gasteiger partial charge is 0.262 e. The molecule has 4 rings (SSSR count). The maximum Gasteiger partial charge on any atom is 0.262 e. The Bertz CT molecular complexity index is 1050. The standard InChI is InChI=1S/C23H21NO3/c1-16-14-22-19(23(25)24(16)15-17-8-4-3-5-9-17)12-13-21(27-22)18-10-6-7-11-20(18)26-2/h3-14,21H,15H2,1-2H3/t21-/m0/s1. The number of hydrogen-bond acceptors (Lipinski definition) is 3. The molecule has 3 aromatic rings. The summed E-state index contributed by atoms with van der Waals surface area (Å²) in [5.74, 6) is 1.38. The Labute approximate surface area is 158 Å². The number of aryl methyl sites for hydroxylation is 1. The van der Waals surface area contributed by atoms with E-state index >= 15 is 0 Å². The first-order valence-corrected chi connectivity index (χ1v) is 8.93. The first-order chi connectivity index (χ1) is 13.2. The number of hydrogen-bond donors (Lipinski definition) is 0. The first kappa shape index (κ1) is 17.2. The average Bonchev–Trinajstić information content (AvgIpc) is 2.71. The van der Waals surface area contributed by atoms with Gasteiger partial charge in [-0.1, -0.05) is 48.5 Å². The Morgan fingerprint density at radius 1 is 1.07 bits per heavy atom. The predicted molar refractivity (Wildman–Crippen MR) is 106 cm³/mol. The molecular weight excluding hydrogens is 338 g/mol. The van der Waals surface area contributed by atoms with Gasteiger partial charge in [-0.05, 0) is 30.7 Å². The zero-order valence-electron chi connectivity index (χ0n) is 15.4. The number of benzene rings is 2. The van der Waals surface area contributed by atoms with Gasteiger partial charge >= 0.3 is 0 Å². The minimum Gasteiger partial charge on any atom is -0.496 e. The fourth-order valence-electron chi connectivity index (χ4n) is 3.40. The number of para-hydroxylation sites is 1. The van der Waals surface area contributed by atoms with E-state index < -0.39 is 0 Å². The van der Waals surface area contributed by atoms with Crippen molar-refractivity contribution < 1.29 is 9.47 Å². The van der Waals surface area contributed by atoms with Gasteiger partial charge in [-0.25, -0.2) is 0 Å². The van der Waals surface area contributed by atoms with Gasteiger partial charge < -0.3 is 14.0 Å². The molecule has 0 fully saturated rings. The molecular formula is C23H21NO3.